The van der Waals surface area contributed by atoms with E-state index in [9.17, 15) is 9.59 Å². The van der Waals surface area contributed by atoms with E-state index in [2.05, 4.69) is 5.32 Å². The molecule has 0 aliphatic rings. The Hall–Kier alpha value is -0.780. The van der Waals surface area contributed by atoms with Crippen molar-refractivity contribution in [1.29, 1.82) is 0 Å². The fourth-order valence-corrected chi connectivity index (χ4v) is 2.04. The van der Waals surface area contributed by atoms with Crippen LogP contribution in [0.25, 0.3) is 0 Å². The van der Waals surface area contributed by atoms with E-state index in [1.54, 1.807) is 13.8 Å². The van der Waals surface area contributed by atoms with Crippen LogP contribution in [0.2, 0.25) is 0 Å². The van der Waals surface area contributed by atoms with Crippen LogP contribution in [0, 0.1) is 0 Å². The van der Waals surface area contributed by atoms with Gasteiger partial charge in [-0.2, -0.15) is 0 Å². The lowest BCUT2D eigenvalue weighted by atomic mass is 9.89. The largest absolute Gasteiger partial charge is 0.357 e. The van der Waals surface area contributed by atoms with Crippen molar-refractivity contribution in [3.8, 4) is 0 Å². The zero-order valence-electron chi connectivity index (χ0n) is 13.7. The zero-order chi connectivity index (χ0) is 16.0. The number of nitrogens with two attached hydrogens (primary N) is 1. The minimum absolute atomic E-state index is 0.0469. The maximum absolute atomic E-state index is 12.6. The minimum Gasteiger partial charge on any atom is -0.357 e. The van der Waals surface area contributed by atoms with Gasteiger partial charge in [0.25, 0.3) is 0 Å². The van der Waals surface area contributed by atoms with Gasteiger partial charge >= 0.3 is 0 Å². The summed E-state index contributed by atoms with van der Waals surface area (Å²) in [6.45, 7) is 11.6. The molecule has 5 nitrogen and oxygen atoms in total. The summed E-state index contributed by atoms with van der Waals surface area (Å²) in [5, 5.41) is 3.17. The molecule has 0 fully saturated rings. The van der Waals surface area contributed by atoms with Crippen molar-refractivity contribution in [3.63, 3.8) is 0 Å². The third kappa shape index (κ3) is 4.65. The second kappa shape index (κ2) is 7.86. The molecule has 0 radical (unpaired) electrons. The van der Waals surface area contributed by atoms with Crippen LogP contribution in [0.1, 0.15) is 54.4 Å². The van der Waals surface area contributed by atoms with Crippen LogP contribution in [0.3, 0.4) is 0 Å². The standard InChI is InChI=1S/C15H30N2O3/c1-7-14(5,17-10-9-16)13(19)11(3)20-15(6,8-2)12(4)18/h11,17H,7-10,16H2,1-6H3/t11-,14?,15+/m0/s1. The van der Waals surface area contributed by atoms with Crippen molar-refractivity contribution in [1.82, 2.24) is 5.32 Å². The Kier molecular flexibility index (Phi) is 7.55. The highest BCUT2D eigenvalue weighted by Gasteiger charge is 2.39. The Morgan fingerprint density at radius 2 is 1.80 bits per heavy atom. The average molecular weight is 286 g/mol. The number of ether oxygens (including phenoxy) is 1. The number of hydrogen-bond acceptors (Lipinski definition) is 5. The summed E-state index contributed by atoms with van der Waals surface area (Å²) in [4.78, 5) is 24.3. The van der Waals surface area contributed by atoms with Gasteiger partial charge in [0.05, 0.1) is 5.54 Å². The highest BCUT2D eigenvalue weighted by molar-refractivity contribution is 5.92. The van der Waals surface area contributed by atoms with Crippen molar-refractivity contribution in [2.24, 2.45) is 5.73 Å². The van der Waals surface area contributed by atoms with Crippen LogP contribution in [0.4, 0.5) is 0 Å². The summed E-state index contributed by atoms with van der Waals surface area (Å²) >= 11 is 0. The van der Waals surface area contributed by atoms with Crippen molar-refractivity contribution >= 4 is 11.6 Å². The number of carbonyl (C=O) groups is 2. The van der Waals surface area contributed by atoms with Crippen LogP contribution < -0.4 is 11.1 Å². The maximum atomic E-state index is 12.6. The Morgan fingerprint density at radius 1 is 1.25 bits per heavy atom. The van der Waals surface area contributed by atoms with Gasteiger partial charge in [0.2, 0.25) is 0 Å². The van der Waals surface area contributed by atoms with E-state index in [-0.39, 0.29) is 11.6 Å². The number of Topliss-reactive ketones (excluding diaryl/α,β-unsaturated/α-hetero) is 2. The van der Waals surface area contributed by atoms with E-state index in [1.807, 2.05) is 20.8 Å². The molecule has 0 aromatic carbocycles. The van der Waals surface area contributed by atoms with E-state index >= 15 is 0 Å². The molecule has 0 aliphatic carbocycles. The Bertz CT molecular complexity index is 346. The summed E-state index contributed by atoms with van der Waals surface area (Å²) in [6.07, 6.45) is 0.542. The molecule has 0 heterocycles. The Balaban J connectivity index is 4.95. The molecule has 0 spiro atoms. The highest BCUT2D eigenvalue weighted by Crippen LogP contribution is 2.22. The number of hydrogen-bond donors (Lipinski definition) is 2. The first-order valence-corrected chi connectivity index (χ1v) is 7.35. The van der Waals surface area contributed by atoms with Crippen LogP contribution in [-0.2, 0) is 14.3 Å². The van der Waals surface area contributed by atoms with Gasteiger partial charge < -0.3 is 15.8 Å². The molecule has 0 bridgehead atoms. The van der Waals surface area contributed by atoms with Gasteiger partial charge in [-0.15, -0.1) is 0 Å². The lowest BCUT2D eigenvalue weighted by molar-refractivity contribution is -0.158. The molecule has 0 saturated carbocycles. The maximum Gasteiger partial charge on any atom is 0.180 e. The molecule has 0 aromatic heterocycles. The van der Waals surface area contributed by atoms with E-state index in [0.717, 1.165) is 0 Å². The van der Waals surface area contributed by atoms with Crippen molar-refractivity contribution in [2.75, 3.05) is 13.1 Å². The molecule has 0 rings (SSSR count). The number of nitrogens with one attached hydrogen (secondary N) is 1. The van der Waals surface area contributed by atoms with Gasteiger partial charge in [-0.3, -0.25) is 9.59 Å². The molecule has 0 amide bonds. The highest BCUT2D eigenvalue weighted by atomic mass is 16.5. The number of rotatable bonds is 10. The predicted molar refractivity (Wildman–Crippen MR) is 80.7 cm³/mol. The topological polar surface area (TPSA) is 81.4 Å². The molecular weight excluding hydrogens is 256 g/mol. The van der Waals surface area contributed by atoms with Gasteiger partial charge in [0.15, 0.2) is 11.6 Å². The van der Waals surface area contributed by atoms with E-state index in [0.29, 0.717) is 25.9 Å². The van der Waals surface area contributed by atoms with Gasteiger partial charge in [-0.05, 0) is 40.5 Å². The molecular formula is C15H30N2O3. The molecule has 0 aliphatic heterocycles. The van der Waals surface area contributed by atoms with Gasteiger partial charge in [-0.1, -0.05) is 13.8 Å². The summed E-state index contributed by atoms with van der Waals surface area (Å²) in [7, 11) is 0. The third-order valence-electron chi connectivity index (χ3n) is 4.14. The Morgan fingerprint density at radius 3 is 2.15 bits per heavy atom. The summed E-state index contributed by atoms with van der Waals surface area (Å²) in [5.41, 5.74) is 3.90. The molecule has 20 heavy (non-hydrogen) atoms. The summed E-state index contributed by atoms with van der Waals surface area (Å²) in [6, 6.07) is 0. The zero-order valence-corrected chi connectivity index (χ0v) is 13.7. The summed E-state index contributed by atoms with van der Waals surface area (Å²) in [5.74, 6) is -0.109. The molecule has 0 aromatic rings. The first-order chi connectivity index (χ1) is 9.16. The molecule has 5 heteroatoms. The molecule has 0 saturated heterocycles. The van der Waals surface area contributed by atoms with Crippen molar-refractivity contribution in [3.05, 3.63) is 0 Å². The van der Waals surface area contributed by atoms with Crippen LogP contribution in [0.5, 0.6) is 0 Å². The van der Waals surface area contributed by atoms with E-state index < -0.39 is 17.2 Å². The number of ketones is 2. The minimum atomic E-state index is -0.905. The normalized spacial score (nSPS) is 18.9. The molecule has 118 valence electrons. The van der Waals surface area contributed by atoms with Gasteiger partial charge in [0, 0.05) is 13.1 Å². The molecule has 3 atom stereocenters. The Labute approximate surface area is 122 Å². The van der Waals surface area contributed by atoms with Gasteiger partial charge in [0.1, 0.15) is 11.7 Å². The fourth-order valence-electron chi connectivity index (χ4n) is 2.04. The van der Waals surface area contributed by atoms with Crippen LogP contribution in [-0.4, -0.2) is 41.9 Å². The lowest BCUT2D eigenvalue weighted by Gasteiger charge is -2.35. The summed E-state index contributed by atoms with van der Waals surface area (Å²) < 4.78 is 5.77. The average Bonchev–Trinajstić information content (AvgIpc) is 2.43. The van der Waals surface area contributed by atoms with E-state index in [1.165, 1.54) is 6.92 Å². The second-order valence-electron chi connectivity index (χ2n) is 5.67. The molecule has 3 N–H and O–H groups in total. The van der Waals surface area contributed by atoms with Crippen molar-refractivity contribution < 1.29 is 14.3 Å². The SMILES string of the molecule is CCC(C)(NCCN)C(=O)[C@H](C)O[C@](C)(CC)C(C)=O. The quantitative estimate of drug-likeness (QED) is 0.635. The van der Waals surface area contributed by atoms with Gasteiger partial charge in [-0.25, -0.2) is 0 Å². The smallest absolute Gasteiger partial charge is 0.180 e. The first kappa shape index (κ1) is 19.2. The predicted octanol–water partition coefficient (Wildman–Crippen LogP) is 1.44. The molecule has 1 unspecified atom stereocenters. The third-order valence-corrected chi connectivity index (χ3v) is 4.14. The monoisotopic (exact) mass is 286 g/mol. The van der Waals surface area contributed by atoms with E-state index in [4.69, 9.17) is 10.5 Å². The lowest BCUT2D eigenvalue weighted by Crippen LogP contribution is -2.56. The fraction of sp³-hybridized carbons (Fsp3) is 0.867. The second-order valence-corrected chi connectivity index (χ2v) is 5.67. The van der Waals surface area contributed by atoms with Crippen molar-refractivity contribution in [2.45, 2.75) is 71.6 Å². The first-order valence-electron chi connectivity index (χ1n) is 7.35. The van der Waals surface area contributed by atoms with Crippen LogP contribution >= 0.6 is 0 Å². The van der Waals surface area contributed by atoms with Crippen LogP contribution in [0.15, 0.2) is 0 Å². The number of carbonyl (C=O) groups excluding carboxylic acids is 2.